The van der Waals surface area contributed by atoms with Crippen molar-refractivity contribution < 1.29 is 0 Å². The van der Waals surface area contributed by atoms with E-state index in [0.717, 1.165) is 19.5 Å². The van der Waals surface area contributed by atoms with Crippen LogP contribution in [0, 0.1) is 29.6 Å². The van der Waals surface area contributed by atoms with Gasteiger partial charge in [-0.3, -0.25) is 4.90 Å². The van der Waals surface area contributed by atoms with Crippen LogP contribution in [0.15, 0.2) is 0 Å². The zero-order chi connectivity index (χ0) is 7.40. The minimum atomic E-state index is 0.216. The Bertz CT molecular complexity index is 184. The SMILES string of the molecule is C#CCN1CCC(C#N)C1. The van der Waals surface area contributed by atoms with Crippen LogP contribution in [-0.2, 0) is 0 Å². The molecule has 0 N–H and O–H groups in total. The molecule has 0 radical (unpaired) electrons. The van der Waals surface area contributed by atoms with E-state index in [2.05, 4.69) is 16.9 Å². The minimum Gasteiger partial charge on any atom is -0.291 e. The molecule has 0 aromatic rings. The van der Waals surface area contributed by atoms with Gasteiger partial charge >= 0.3 is 0 Å². The Morgan fingerprint density at radius 1 is 1.70 bits per heavy atom. The van der Waals surface area contributed by atoms with Gasteiger partial charge in [-0.2, -0.15) is 5.26 Å². The van der Waals surface area contributed by atoms with Crippen molar-refractivity contribution in [2.45, 2.75) is 6.42 Å². The predicted octanol–water partition coefficient (Wildman–Crippen LogP) is 0.465. The molecule has 1 aliphatic rings. The Hall–Kier alpha value is -0.990. The maximum absolute atomic E-state index is 8.52. The average Bonchev–Trinajstić information content (AvgIpc) is 2.37. The van der Waals surface area contributed by atoms with Crippen molar-refractivity contribution in [1.29, 1.82) is 5.26 Å². The highest BCUT2D eigenvalue weighted by molar-refractivity contribution is 4.95. The maximum Gasteiger partial charge on any atom is 0.0669 e. The Morgan fingerprint density at radius 2 is 2.50 bits per heavy atom. The maximum atomic E-state index is 8.52. The van der Waals surface area contributed by atoms with Crippen LogP contribution in [-0.4, -0.2) is 24.5 Å². The molecule has 0 bridgehead atoms. The van der Waals surface area contributed by atoms with Crippen LogP contribution in [0.3, 0.4) is 0 Å². The van der Waals surface area contributed by atoms with Crippen molar-refractivity contribution in [2.24, 2.45) is 5.92 Å². The number of hydrogen-bond donors (Lipinski definition) is 0. The molecule has 0 aliphatic carbocycles. The first-order valence-electron chi connectivity index (χ1n) is 3.42. The van der Waals surface area contributed by atoms with Gasteiger partial charge < -0.3 is 0 Å². The number of rotatable bonds is 1. The van der Waals surface area contributed by atoms with Gasteiger partial charge in [0.1, 0.15) is 0 Å². The van der Waals surface area contributed by atoms with E-state index in [4.69, 9.17) is 11.7 Å². The first-order valence-corrected chi connectivity index (χ1v) is 3.42. The number of nitrogens with zero attached hydrogens (tertiary/aromatic N) is 2. The lowest BCUT2D eigenvalue weighted by Crippen LogP contribution is -2.20. The quantitative estimate of drug-likeness (QED) is 0.487. The van der Waals surface area contributed by atoms with Crippen molar-refractivity contribution in [1.82, 2.24) is 4.90 Å². The van der Waals surface area contributed by atoms with Gasteiger partial charge in [-0.15, -0.1) is 6.42 Å². The van der Waals surface area contributed by atoms with E-state index < -0.39 is 0 Å². The van der Waals surface area contributed by atoms with E-state index >= 15 is 0 Å². The summed E-state index contributed by atoms with van der Waals surface area (Å²) in [6.07, 6.45) is 6.10. The van der Waals surface area contributed by atoms with E-state index in [1.165, 1.54) is 0 Å². The fourth-order valence-corrected chi connectivity index (χ4v) is 1.21. The fraction of sp³-hybridized carbons (Fsp3) is 0.625. The molecule has 1 atom stereocenters. The molecule has 0 aromatic heterocycles. The summed E-state index contributed by atoms with van der Waals surface area (Å²) in [5, 5.41) is 8.52. The van der Waals surface area contributed by atoms with Crippen molar-refractivity contribution >= 4 is 0 Å². The molecular formula is C8H10N2. The number of terminal acetylenes is 1. The topological polar surface area (TPSA) is 27.0 Å². The molecular weight excluding hydrogens is 124 g/mol. The van der Waals surface area contributed by atoms with Gasteiger partial charge in [0.25, 0.3) is 0 Å². The van der Waals surface area contributed by atoms with Gasteiger partial charge in [-0.25, -0.2) is 0 Å². The summed E-state index contributed by atoms with van der Waals surface area (Å²) in [5.74, 6) is 2.79. The third-order valence-corrected chi connectivity index (χ3v) is 1.77. The molecule has 0 aromatic carbocycles. The van der Waals surface area contributed by atoms with Crippen molar-refractivity contribution in [3.05, 3.63) is 0 Å². The highest BCUT2D eigenvalue weighted by Gasteiger charge is 2.20. The van der Waals surface area contributed by atoms with Crippen LogP contribution in [0.2, 0.25) is 0 Å². The van der Waals surface area contributed by atoms with Crippen molar-refractivity contribution in [3.63, 3.8) is 0 Å². The summed E-state index contributed by atoms with van der Waals surface area (Å²) in [4.78, 5) is 2.13. The van der Waals surface area contributed by atoms with Gasteiger partial charge in [0.15, 0.2) is 0 Å². The molecule has 1 rings (SSSR count). The van der Waals surface area contributed by atoms with Crippen LogP contribution >= 0.6 is 0 Å². The lowest BCUT2D eigenvalue weighted by molar-refractivity contribution is 0.375. The molecule has 0 spiro atoms. The van der Waals surface area contributed by atoms with E-state index in [0.29, 0.717) is 6.54 Å². The van der Waals surface area contributed by atoms with E-state index in [1.807, 2.05) is 0 Å². The predicted molar refractivity (Wildman–Crippen MR) is 39.0 cm³/mol. The first kappa shape index (κ1) is 7.12. The van der Waals surface area contributed by atoms with Crippen LogP contribution in [0.25, 0.3) is 0 Å². The highest BCUT2D eigenvalue weighted by Crippen LogP contribution is 2.13. The second kappa shape index (κ2) is 3.25. The van der Waals surface area contributed by atoms with Gasteiger partial charge in [0.2, 0.25) is 0 Å². The summed E-state index contributed by atoms with van der Waals surface area (Å²) in [6, 6.07) is 2.24. The number of nitriles is 1. The van der Waals surface area contributed by atoms with E-state index in [-0.39, 0.29) is 5.92 Å². The molecule has 2 heteroatoms. The summed E-state index contributed by atoms with van der Waals surface area (Å²) < 4.78 is 0. The Morgan fingerprint density at radius 3 is 3.00 bits per heavy atom. The second-order valence-electron chi connectivity index (χ2n) is 2.55. The molecule has 1 fully saturated rings. The third-order valence-electron chi connectivity index (χ3n) is 1.77. The van der Waals surface area contributed by atoms with E-state index in [1.54, 1.807) is 0 Å². The molecule has 0 amide bonds. The van der Waals surface area contributed by atoms with Gasteiger partial charge in [-0.1, -0.05) is 5.92 Å². The molecule has 52 valence electrons. The summed E-state index contributed by atoms with van der Waals surface area (Å²) in [6.45, 7) is 2.54. The molecule has 1 unspecified atom stereocenters. The number of hydrogen-bond acceptors (Lipinski definition) is 2. The summed E-state index contributed by atoms with van der Waals surface area (Å²) in [5.41, 5.74) is 0. The summed E-state index contributed by atoms with van der Waals surface area (Å²) >= 11 is 0. The molecule has 2 nitrogen and oxygen atoms in total. The molecule has 0 saturated carbocycles. The lowest BCUT2D eigenvalue weighted by Gasteiger charge is -2.08. The minimum absolute atomic E-state index is 0.216. The van der Waals surface area contributed by atoms with Crippen LogP contribution in [0.5, 0.6) is 0 Å². The van der Waals surface area contributed by atoms with Crippen LogP contribution in [0.4, 0.5) is 0 Å². The Labute approximate surface area is 61.4 Å². The molecule has 1 saturated heterocycles. The molecule has 1 heterocycles. The third kappa shape index (κ3) is 1.50. The average molecular weight is 134 g/mol. The Balaban J connectivity index is 2.32. The first-order chi connectivity index (χ1) is 4.86. The fourth-order valence-electron chi connectivity index (χ4n) is 1.21. The monoisotopic (exact) mass is 134 g/mol. The zero-order valence-electron chi connectivity index (χ0n) is 5.88. The van der Waals surface area contributed by atoms with Gasteiger partial charge in [0.05, 0.1) is 18.5 Å². The highest BCUT2D eigenvalue weighted by atomic mass is 15.1. The largest absolute Gasteiger partial charge is 0.291 e. The normalized spacial score (nSPS) is 25.6. The molecule has 1 aliphatic heterocycles. The zero-order valence-corrected chi connectivity index (χ0v) is 5.88. The standard InChI is InChI=1S/C8H10N2/c1-2-4-10-5-3-8(6-9)7-10/h1,8H,3-5,7H2. The number of likely N-dealkylation sites (tertiary alicyclic amines) is 1. The van der Waals surface area contributed by atoms with Gasteiger partial charge in [-0.05, 0) is 6.42 Å². The summed E-state index contributed by atoms with van der Waals surface area (Å²) in [7, 11) is 0. The van der Waals surface area contributed by atoms with Crippen molar-refractivity contribution in [2.75, 3.05) is 19.6 Å². The van der Waals surface area contributed by atoms with Gasteiger partial charge in [0, 0.05) is 13.1 Å². The molecule has 10 heavy (non-hydrogen) atoms. The van der Waals surface area contributed by atoms with Crippen molar-refractivity contribution in [3.8, 4) is 18.4 Å². The smallest absolute Gasteiger partial charge is 0.0669 e. The lowest BCUT2D eigenvalue weighted by atomic mass is 10.1. The second-order valence-corrected chi connectivity index (χ2v) is 2.55. The van der Waals surface area contributed by atoms with Crippen LogP contribution < -0.4 is 0 Å². The Kier molecular flexibility index (Phi) is 2.31. The van der Waals surface area contributed by atoms with E-state index in [9.17, 15) is 0 Å². The van der Waals surface area contributed by atoms with Crippen LogP contribution in [0.1, 0.15) is 6.42 Å².